The zero-order chi connectivity index (χ0) is 11.2. The zero-order valence-electron chi connectivity index (χ0n) is 9.95. The van der Waals surface area contributed by atoms with E-state index in [2.05, 4.69) is 29.8 Å². The van der Waals surface area contributed by atoms with Crippen molar-refractivity contribution >= 4 is 11.3 Å². The molecule has 2 nitrogen and oxygen atoms in total. The molecule has 1 aromatic heterocycles. The second kappa shape index (κ2) is 6.38. The average Bonchev–Trinajstić information content (AvgIpc) is 2.94. The third-order valence-electron chi connectivity index (χ3n) is 2.89. The molecule has 3 heteroatoms. The summed E-state index contributed by atoms with van der Waals surface area (Å²) in [5, 5.41) is 5.64. The van der Waals surface area contributed by atoms with Gasteiger partial charge in [0.2, 0.25) is 0 Å². The van der Waals surface area contributed by atoms with Crippen LogP contribution < -0.4 is 5.32 Å². The van der Waals surface area contributed by atoms with Crippen LogP contribution in [0.1, 0.15) is 31.1 Å². The molecule has 1 fully saturated rings. The van der Waals surface area contributed by atoms with Crippen LogP contribution in [0.25, 0.3) is 0 Å². The van der Waals surface area contributed by atoms with Crippen LogP contribution in [0.5, 0.6) is 0 Å². The predicted molar refractivity (Wildman–Crippen MR) is 69.1 cm³/mol. The summed E-state index contributed by atoms with van der Waals surface area (Å²) < 4.78 is 5.78. The smallest absolute Gasteiger partial charge is 0.0559 e. The summed E-state index contributed by atoms with van der Waals surface area (Å²) in [4.78, 5) is 1.42. The molecule has 2 rings (SSSR count). The third-order valence-corrected chi connectivity index (χ3v) is 3.83. The molecule has 0 bridgehead atoms. The van der Waals surface area contributed by atoms with Gasteiger partial charge in [-0.05, 0) is 44.2 Å². The van der Waals surface area contributed by atoms with E-state index in [0.29, 0.717) is 6.10 Å². The topological polar surface area (TPSA) is 21.3 Å². The molecule has 1 atom stereocenters. The van der Waals surface area contributed by atoms with Gasteiger partial charge < -0.3 is 10.1 Å². The van der Waals surface area contributed by atoms with Crippen LogP contribution in [-0.2, 0) is 11.2 Å². The molecule has 0 spiro atoms. The van der Waals surface area contributed by atoms with Crippen LogP contribution in [0, 0.1) is 0 Å². The van der Waals surface area contributed by atoms with Crippen LogP contribution in [0.2, 0.25) is 0 Å². The molecular weight excluding hydrogens is 218 g/mol. The second-order valence-corrected chi connectivity index (χ2v) is 5.56. The number of thiophene rings is 1. The molecular formula is C13H21NOS. The van der Waals surface area contributed by atoms with Crippen LogP contribution >= 0.6 is 11.3 Å². The van der Waals surface area contributed by atoms with E-state index in [1.165, 1.54) is 17.7 Å². The Hall–Kier alpha value is -0.380. The first kappa shape index (κ1) is 12.1. The molecule has 0 aromatic carbocycles. The van der Waals surface area contributed by atoms with E-state index < -0.39 is 0 Å². The molecule has 1 N–H and O–H groups in total. The quantitative estimate of drug-likeness (QED) is 0.753. The molecule has 0 radical (unpaired) electrons. The third kappa shape index (κ3) is 4.64. The van der Waals surface area contributed by atoms with Gasteiger partial charge in [0.1, 0.15) is 0 Å². The fourth-order valence-corrected chi connectivity index (χ4v) is 2.37. The number of ether oxygens (including phenoxy) is 1. The van der Waals surface area contributed by atoms with Gasteiger partial charge in [-0.3, -0.25) is 0 Å². The first-order valence-corrected chi connectivity index (χ1v) is 7.10. The van der Waals surface area contributed by atoms with Crippen molar-refractivity contribution < 1.29 is 4.74 Å². The SMILES string of the molecule is CC(CCNC1CC1)OCCc1cccs1. The molecule has 1 aliphatic carbocycles. The van der Waals surface area contributed by atoms with Crippen LogP contribution in [0.4, 0.5) is 0 Å². The van der Waals surface area contributed by atoms with E-state index in [-0.39, 0.29) is 0 Å². The number of rotatable bonds is 8. The second-order valence-electron chi connectivity index (χ2n) is 4.53. The van der Waals surface area contributed by atoms with E-state index in [0.717, 1.165) is 32.0 Å². The van der Waals surface area contributed by atoms with Crippen molar-refractivity contribution in [2.45, 2.75) is 44.8 Å². The van der Waals surface area contributed by atoms with Crippen LogP contribution in [-0.4, -0.2) is 25.3 Å². The minimum atomic E-state index is 0.381. The van der Waals surface area contributed by atoms with E-state index in [1.54, 1.807) is 0 Å². The lowest BCUT2D eigenvalue weighted by Crippen LogP contribution is -2.22. The summed E-state index contributed by atoms with van der Waals surface area (Å²) in [5.74, 6) is 0. The maximum absolute atomic E-state index is 5.78. The molecule has 0 aliphatic heterocycles. The predicted octanol–water partition coefficient (Wildman–Crippen LogP) is 2.84. The Morgan fingerprint density at radius 1 is 1.56 bits per heavy atom. The summed E-state index contributed by atoms with van der Waals surface area (Å²) in [5.41, 5.74) is 0. The lowest BCUT2D eigenvalue weighted by molar-refractivity contribution is 0.0629. The van der Waals surface area contributed by atoms with Gasteiger partial charge in [0.25, 0.3) is 0 Å². The van der Waals surface area contributed by atoms with Crippen molar-refractivity contribution in [3.8, 4) is 0 Å². The number of hydrogen-bond acceptors (Lipinski definition) is 3. The highest BCUT2D eigenvalue weighted by atomic mass is 32.1. The molecule has 1 aromatic rings. The van der Waals surface area contributed by atoms with Crippen LogP contribution in [0.3, 0.4) is 0 Å². The van der Waals surface area contributed by atoms with Crippen molar-refractivity contribution in [1.82, 2.24) is 5.32 Å². The molecule has 1 unspecified atom stereocenters. The van der Waals surface area contributed by atoms with Gasteiger partial charge in [0, 0.05) is 17.3 Å². The highest BCUT2D eigenvalue weighted by Crippen LogP contribution is 2.18. The largest absolute Gasteiger partial charge is 0.378 e. The highest BCUT2D eigenvalue weighted by molar-refractivity contribution is 7.09. The minimum absolute atomic E-state index is 0.381. The standard InChI is InChI=1S/C13H21NOS/c1-11(6-8-14-12-4-5-12)15-9-7-13-3-2-10-16-13/h2-3,10-12,14H,4-9H2,1H3. The molecule has 0 saturated heterocycles. The normalized spacial score (nSPS) is 17.6. The Morgan fingerprint density at radius 3 is 3.12 bits per heavy atom. The number of hydrogen-bond donors (Lipinski definition) is 1. The highest BCUT2D eigenvalue weighted by Gasteiger charge is 2.19. The van der Waals surface area contributed by atoms with Gasteiger partial charge in [-0.1, -0.05) is 6.07 Å². The van der Waals surface area contributed by atoms with Gasteiger partial charge in [-0.15, -0.1) is 11.3 Å². The fourth-order valence-electron chi connectivity index (χ4n) is 1.68. The Balaban J connectivity index is 1.48. The molecule has 0 amide bonds. The van der Waals surface area contributed by atoms with Gasteiger partial charge in [-0.2, -0.15) is 0 Å². The fraction of sp³-hybridized carbons (Fsp3) is 0.692. The van der Waals surface area contributed by atoms with Crippen molar-refractivity contribution in [2.24, 2.45) is 0 Å². The van der Waals surface area contributed by atoms with Gasteiger partial charge >= 0.3 is 0 Å². The Kier molecular flexibility index (Phi) is 4.82. The van der Waals surface area contributed by atoms with Gasteiger partial charge in [0.15, 0.2) is 0 Å². The first-order valence-electron chi connectivity index (χ1n) is 6.22. The van der Waals surface area contributed by atoms with E-state index in [9.17, 15) is 0 Å². The van der Waals surface area contributed by atoms with Gasteiger partial charge in [-0.25, -0.2) is 0 Å². The van der Waals surface area contributed by atoms with E-state index in [4.69, 9.17) is 4.74 Å². The Morgan fingerprint density at radius 2 is 2.44 bits per heavy atom. The van der Waals surface area contributed by atoms with E-state index >= 15 is 0 Å². The Labute approximate surface area is 102 Å². The van der Waals surface area contributed by atoms with Crippen molar-refractivity contribution in [1.29, 1.82) is 0 Å². The molecule has 1 heterocycles. The lowest BCUT2D eigenvalue weighted by atomic mass is 10.3. The average molecular weight is 239 g/mol. The van der Waals surface area contributed by atoms with E-state index in [1.807, 2.05) is 11.3 Å². The Bertz CT molecular complexity index is 282. The van der Waals surface area contributed by atoms with Crippen molar-refractivity contribution in [2.75, 3.05) is 13.2 Å². The zero-order valence-corrected chi connectivity index (χ0v) is 10.8. The summed E-state index contributed by atoms with van der Waals surface area (Å²) in [6.45, 7) is 4.12. The first-order chi connectivity index (χ1) is 7.84. The van der Waals surface area contributed by atoms with Crippen molar-refractivity contribution in [3.63, 3.8) is 0 Å². The summed E-state index contributed by atoms with van der Waals surface area (Å²) in [6.07, 6.45) is 5.30. The minimum Gasteiger partial charge on any atom is -0.378 e. The number of nitrogens with one attached hydrogen (secondary N) is 1. The van der Waals surface area contributed by atoms with Crippen molar-refractivity contribution in [3.05, 3.63) is 22.4 Å². The maximum atomic E-state index is 5.78. The molecule has 1 saturated carbocycles. The van der Waals surface area contributed by atoms with Gasteiger partial charge in [0.05, 0.1) is 12.7 Å². The summed E-state index contributed by atoms with van der Waals surface area (Å²) in [7, 11) is 0. The maximum Gasteiger partial charge on any atom is 0.0559 e. The molecule has 90 valence electrons. The molecule has 1 aliphatic rings. The lowest BCUT2D eigenvalue weighted by Gasteiger charge is -2.12. The molecule has 16 heavy (non-hydrogen) atoms. The van der Waals surface area contributed by atoms with Crippen LogP contribution in [0.15, 0.2) is 17.5 Å². The summed E-state index contributed by atoms with van der Waals surface area (Å²) in [6, 6.07) is 5.09. The monoisotopic (exact) mass is 239 g/mol. The summed E-state index contributed by atoms with van der Waals surface area (Å²) >= 11 is 1.81.